The maximum absolute atomic E-state index is 9.02. The zero-order chi connectivity index (χ0) is 13.1. The first-order valence-corrected chi connectivity index (χ1v) is 7.33. The van der Waals surface area contributed by atoms with Crippen molar-refractivity contribution >= 4 is 21.6 Å². The lowest BCUT2D eigenvalue weighted by molar-refractivity contribution is 0.341. The van der Waals surface area contributed by atoms with Gasteiger partial charge < -0.3 is 4.90 Å². The highest BCUT2D eigenvalue weighted by Gasteiger charge is 2.22. The van der Waals surface area contributed by atoms with E-state index >= 15 is 0 Å². The molecule has 1 fully saturated rings. The van der Waals surface area contributed by atoms with Crippen LogP contribution in [-0.4, -0.2) is 13.1 Å². The van der Waals surface area contributed by atoms with Crippen molar-refractivity contribution < 1.29 is 0 Å². The number of rotatable bonds is 2. The van der Waals surface area contributed by atoms with E-state index in [1.807, 2.05) is 12.1 Å². The molecule has 0 saturated heterocycles. The van der Waals surface area contributed by atoms with Gasteiger partial charge in [0.2, 0.25) is 0 Å². The average molecular weight is 307 g/mol. The topological polar surface area (TPSA) is 27.0 Å². The van der Waals surface area contributed by atoms with E-state index in [0.717, 1.165) is 21.6 Å². The molecule has 1 saturated carbocycles. The van der Waals surface area contributed by atoms with Crippen molar-refractivity contribution in [3.8, 4) is 6.07 Å². The molecule has 18 heavy (non-hydrogen) atoms. The van der Waals surface area contributed by atoms with Crippen LogP contribution in [0.4, 0.5) is 5.69 Å². The molecule has 0 unspecified atom stereocenters. The molecule has 2 nitrogen and oxygen atoms in total. The summed E-state index contributed by atoms with van der Waals surface area (Å²) >= 11 is 3.48. The Hall–Kier alpha value is -1.01. The van der Waals surface area contributed by atoms with Gasteiger partial charge in [-0.2, -0.15) is 5.26 Å². The highest BCUT2D eigenvalue weighted by molar-refractivity contribution is 9.10. The van der Waals surface area contributed by atoms with Gasteiger partial charge in [0.25, 0.3) is 0 Å². The van der Waals surface area contributed by atoms with Gasteiger partial charge >= 0.3 is 0 Å². The van der Waals surface area contributed by atoms with Crippen LogP contribution >= 0.6 is 15.9 Å². The van der Waals surface area contributed by atoms with Crippen LogP contribution in [0.2, 0.25) is 0 Å². The molecule has 1 aromatic rings. The van der Waals surface area contributed by atoms with E-state index in [1.54, 1.807) is 0 Å². The van der Waals surface area contributed by atoms with Gasteiger partial charge in [-0.3, -0.25) is 0 Å². The Kier molecular flexibility index (Phi) is 4.29. The second kappa shape index (κ2) is 5.75. The molecule has 0 aromatic heterocycles. The van der Waals surface area contributed by atoms with Gasteiger partial charge in [0.15, 0.2) is 0 Å². The van der Waals surface area contributed by atoms with Crippen LogP contribution < -0.4 is 4.90 Å². The standard InChI is InChI=1S/C15H19BrN2/c1-11-3-5-14(6-4-11)18(2)15-8-12(10-17)7-13(16)9-15/h7-9,11,14H,3-6H2,1-2H3. The third-order valence-electron chi connectivity index (χ3n) is 3.95. The average Bonchev–Trinajstić information content (AvgIpc) is 2.38. The van der Waals surface area contributed by atoms with E-state index in [9.17, 15) is 0 Å². The summed E-state index contributed by atoms with van der Waals surface area (Å²) in [5.74, 6) is 0.867. The molecule has 0 amide bonds. The zero-order valence-electron chi connectivity index (χ0n) is 11.0. The summed E-state index contributed by atoms with van der Waals surface area (Å²) in [5, 5.41) is 9.02. The van der Waals surface area contributed by atoms with E-state index in [-0.39, 0.29) is 0 Å². The van der Waals surface area contributed by atoms with E-state index < -0.39 is 0 Å². The molecule has 1 aliphatic carbocycles. The Morgan fingerprint density at radius 1 is 1.22 bits per heavy atom. The van der Waals surface area contributed by atoms with Gasteiger partial charge in [-0.1, -0.05) is 22.9 Å². The largest absolute Gasteiger partial charge is 0.372 e. The minimum Gasteiger partial charge on any atom is -0.372 e. The number of anilines is 1. The molecule has 0 aliphatic heterocycles. The minimum atomic E-state index is 0.613. The van der Waals surface area contributed by atoms with Crippen molar-refractivity contribution in [2.45, 2.75) is 38.6 Å². The first kappa shape index (κ1) is 13.4. The molecule has 96 valence electrons. The van der Waals surface area contributed by atoms with Crippen LogP contribution in [0.5, 0.6) is 0 Å². The third kappa shape index (κ3) is 3.05. The summed E-state index contributed by atoms with van der Waals surface area (Å²) in [6.45, 7) is 2.34. The molecule has 0 spiro atoms. The number of halogens is 1. The van der Waals surface area contributed by atoms with Crippen LogP contribution in [-0.2, 0) is 0 Å². The normalized spacial score (nSPS) is 23.4. The third-order valence-corrected chi connectivity index (χ3v) is 4.41. The first-order valence-electron chi connectivity index (χ1n) is 6.53. The fourth-order valence-corrected chi connectivity index (χ4v) is 3.16. The van der Waals surface area contributed by atoms with Gasteiger partial charge in [-0.25, -0.2) is 0 Å². The number of nitriles is 1. The number of nitrogens with zero attached hydrogens (tertiary/aromatic N) is 2. The Morgan fingerprint density at radius 3 is 2.50 bits per heavy atom. The van der Waals surface area contributed by atoms with Gasteiger partial charge in [0.05, 0.1) is 11.6 Å². The predicted octanol–water partition coefficient (Wildman–Crippen LogP) is 4.34. The van der Waals surface area contributed by atoms with E-state index in [1.165, 1.54) is 25.7 Å². The molecular formula is C15H19BrN2. The maximum Gasteiger partial charge on any atom is 0.0992 e. The summed E-state index contributed by atoms with van der Waals surface area (Å²) in [4.78, 5) is 2.33. The fraction of sp³-hybridized carbons (Fsp3) is 0.533. The van der Waals surface area contributed by atoms with Crippen molar-refractivity contribution in [2.24, 2.45) is 5.92 Å². The van der Waals surface area contributed by atoms with Crippen molar-refractivity contribution in [3.05, 3.63) is 28.2 Å². The van der Waals surface area contributed by atoms with Crippen LogP contribution in [0.25, 0.3) is 0 Å². The van der Waals surface area contributed by atoms with Gasteiger partial charge in [0, 0.05) is 23.2 Å². The zero-order valence-corrected chi connectivity index (χ0v) is 12.6. The molecule has 1 aromatic carbocycles. The Labute approximate surface area is 118 Å². The Balaban J connectivity index is 2.16. The highest BCUT2D eigenvalue weighted by atomic mass is 79.9. The molecule has 0 radical (unpaired) electrons. The summed E-state index contributed by atoms with van der Waals surface area (Å²) in [6, 6.07) is 8.76. The summed E-state index contributed by atoms with van der Waals surface area (Å²) in [7, 11) is 2.14. The molecule has 3 heteroatoms. The summed E-state index contributed by atoms with van der Waals surface area (Å²) in [5.41, 5.74) is 1.86. The number of hydrogen-bond donors (Lipinski definition) is 0. The van der Waals surface area contributed by atoms with Gasteiger partial charge in [0.1, 0.15) is 0 Å². The fourth-order valence-electron chi connectivity index (χ4n) is 2.68. The van der Waals surface area contributed by atoms with Crippen LogP contribution in [0.15, 0.2) is 22.7 Å². The molecular weight excluding hydrogens is 288 g/mol. The van der Waals surface area contributed by atoms with Gasteiger partial charge in [-0.15, -0.1) is 0 Å². The van der Waals surface area contributed by atoms with Crippen molar-refractivity contribution in [2.75, 3.05) is 11.9 Å². The van der Waals surface area contributed by atoms with E-state index in [0.29, 0.717) is 6.04 Å². The lowest BCUT2D eigenvalue weighted by Crippen LogP contribution is -2.34. The molecule has 0 atom stereocenters. The SMILES string of the molecule is CC1CCC(N(C)c2cc(Br)cc(C#N)c2)CC1. The van der Waals surface area contributed by atoms with Crippen LogP contribution in [0, 0.1) is 17.2 Å². The highest BCUT2D eigenvalue weighted by Crippen LogP contribution is 2.30. The van der Waals surface area contributed by atoms with Crippen molar-refractivity contribution in [1.82, 2.24) is 0 Å². The van der Waals surface area contributed by atoms with Crippen LogP contribution in [0.3, 0.4) is 0 Å². The minimum absolute atomic E-state index is 0.613. The van der Waals surface area contributed by atoms with E-state index in [4.69, 9.17) is 5.26 Å². The second-order valence-corrected chi connectivity index (χ2v) is 6.25. The lowest BCUT2D eigenvalue weighted by Gasteiger charge is -2.35. The number of benzene rings is 1. The predicted molar refractivity (Wildman–Crippen MR) is 78.7 cm³/mol. The summed E-state index contributed by atoms with van der Waals surface area (Å²) in [6.07, 6.45) is 5.14. The smallest absolute Gasteiger partial charge is 0.0992 e. The summed E-state index contributed by atoms with van der Waals surface area (Å²) < 4.78 is 0.979. The second-order valence-electron chi connectivity index (χ2n) is 5.33. The van der Waals surface area contributed by atoms with E-state index in [2.05, 4.69) is 46.9 Å². The molecule has 0 heterocycles. The molecule has 1 aliphatic rings. The first-order chi connectivity index (χ1) is 8.60. The molecule has 0 bridgehead atoms. The number of hydrogen-bond acceptors (Lipinski definition) is 2. The molecule has 0 N–H and O–H groups in total. The lowest BCUT2D eigenvalue weighted by atomic mass is 9.86. The van der Waals surface area contributed by atoms with Crippen molar-refractivity contribution in [3.63, 3.8) is 0 Å². The Morgan fingerprint density at radius 2 is 1.89 bits per heavy atom. The Bertz CT molecular complexity index is 456. The van der Waals surface area contributed by atoms with Gasteiger partial charge in [-0.05, 0) is 49.8 Å². The quantitative estimate of drug-likeness (QED) is 0.813. The monoisotopic (exact) mass is 306 g/mol. The molecule has 2 rings (SSSR count). The van der Waals surface area contributed by atoms with Crippen molar-refractivity contribution in [1.29, 1.82) is 5.26 Å². The van der Waals surface area contributed by atoms with Crippen LogP contribution in [0.1, 0.15) is 38.2 Å². The maximum atomic E-state index is 9.02.